The van der Waals surface area contributed by atoms with Gasteiger partial charge in [-0.1, -0.05) is 6.42 Å². The van der Waals surface area contributed by atoms with E-state index in [0.717, 1.165) is 38.0 Å². The fourth-order valence-corrected chi connectivity index (χ4v) is 3.27. The summed E-state index contributed by atoms with van der Waals surface area (Å²) in [6.07, 6.45) is 6.36. The highest BCUT2D eigenvalue weighted by Crippen LogP contribution is 2.49. The van der Waals surface area contributed by atoms with Gasteiger partial charge in [-0.25, -0.2) is 0 Å². The third kappa shape index (κ3) is 3.38. The van der Waals surface area contributed by atoms with Crippen LogP contribution in [0.1, 0.15) is 38.5 Å². The molecule has 2 saturated carbocycles. The van der Waals surface area contributed by atoms with Gasteiger partial charge >= 0.3 is 0 Å². The summed E-state index contributed by atoms with van der Waals surface area (Å²) < 4.78 is 0. The van der Waals surface area contributed by atoms with Crippen molar-refractivity contribution >= 4 is 18.5 Å². The minimum atomic E-state index is 0.167. The largest absolute Gasteiger partial charge is 0.396 e. The molecule has 17 heavy (non-hydrogen) atoms. The zero-order valence-electron chi connectivity index (χ0n) is 10.3. The molecular weight excluding hydrogens is 234 g/mol. The first kappa shape index (κ1) is 13.2. The second kappa shape index (κ2) is 5.61. The molecule has 2 atom stereocenters. The Hall–Kier alpha value is -0.220. The lowest BCUT2D eigenvalue weighted by Crippen LogP contribution is -2.33. The second-order valence-electron chi connectivity index (χ2n) is 5.77. The smallest absolute Gasteiger partial charge is 0.220 e. The number of carbonyl (C=O) groups excluding carboxylic acids is 1. The van der Waals surface area contributed by atoms with Gasteiger partial charge in [-0.05, 0) is 48.7 Å². The number of hydrogen-bond acceptors (Lipinski definition) is 3. The van der Waals surface area contributed by atoms with Gasteiger partial charge in [0.2, 0.25) is 5.91 Å². The van der Waals surface area contributed by atoms with E-state index >= 15 is 0 Å². The van der Waals surface area contributed by atoms with Gasteiger partial charge in [-0.3, -0.25) is 4.79 Å². The molecule has 2 rings (SSSR count). The van der Waals surface area contributed by atoms with Crippen molar-refractivity contribution in [3.63, 3.8) is 0 Å². The van der Waals surface area contributed by atoms with Gasteiger partial charge in [-0.15, -0.1) is 0 Å². The van der Waals surface area contributed by atoms with Crippen molar-refractivity contribution in [1.82, 2.24) is 5.32 Å². The SMILES string of the molecule is O=C(CC1(CS)CC1)NCC1CCCC1CO. The Balaban J connectivity index is 1.69. The van der Waals surface area contributed by atoms with E-state index in [4.69, 9.17) is 0 Å². The predicted octanol–water partition coefficient (Wildman–Crippen LogP) is 1.61. The highest BCUT2D eigenvalue weighted by atomic mass is 32.1. The molecule has 2 aliphatic rings. The maximum absolute atomic E-state index is 11.8. The van der Waals surface area contributed by atoms with Crippen LogP contribution >= 0.6 is 12.6 Å². The minimum Gasteiger partial charge on any atom is -0.396 e. The van der Waals surface area contributed by atoms with Crippen molar-refractivity contribution in [2.45, 2.75) is 38.5 Å². The van der Waals surface area contributed by atoms with Crippen LogP contribution in [0.15, 0.2) is 0 Å². The van der Waals surface area contributed by atoms with Crippen molar-refractivity contribution in [2.75, 3.05) is 18.9 Å². The molecule has 0 aromatic heterocycles. The number of rotatable bonds is 6. The predicted molar refractivity (Wildman–Crippen MR) is 71.1 cm³/mol. The third-order valence-corrected chi connectivity index (χ3v) is 5.11. The first-order valence-electron chi connectivity index (χ1n) is 6.67. The Morgan fingerprint density at radius 2 is 2.06 bits per heavy atom. The van der Waals surface area contributed by atoms with Crippen molar-refractivity contribution in [2.24, 2.45) is 17.3 Å². The van der Waals surface area contributed by atoms with Gasteiger partial charge in [-0.2, -0.15) is 12.6 Å². The summed E-state index contributed by atoms with van der Waals surface area (Å²) >= 11 is 4.31. The van der Waals surface area contributed by atoms with E-state index in [2.05, 4.69) is 17.9 Å². The Kier molecular flexibility index (Phi) is 4.36. The van der Waals surface area contributed by atoms with Crippen LogP contribution in [0.3, 0.4) is 0 Å². The Morgan fingerprint density at radius 3 is 2.65 bits per heavy atom. The first-order valence-corrected chi connectivity index (χ1v) is 7.31. The van der Waals surface area contributed by atoms with Crippen LogP contribution in [0, 0.1) is 17.3 Å². The van der Waals surface area contributed by atoms with E-state index < -0.39 is 0 Å². The molecule has 2 aliphatic carbocycles. The lowest BCUT2D eigenvalue weighted by Gasteiger charge is -2.19. The average Bonchev–Trinajstić information content (AvgIpc) is 2.95. The maximum atomic E-state index is 11.8. The lowest BCUT2D eigenvalue weighted by molar-refractivity contribution is -0.122. The molecule has 4 heteroatoms. The zero-order chi connectivity index (χ0) is 12.3. The topological polar surface area (TPSA) is 49.3 Å². The molecule has 0 bridgehead atoms. The van der Waals surface area contributed by atoms with E-state index in [0.29, 0.717) is 18.3 Å². The molecule has 0 radical (unpaired) electrons. The maximum Gasteiger partial charge on any atom is 0.220 e. The average molecular weight is 257 g/mol. The van der Waals surface area contributed by atoms with Crippen LogP contribution in [0.5, 0.6) is 0 Å². The minimum absolute atomic E-state index is 0.167. The van der Waals surface area contributed by atoms with Crippen molar-refractivity contribution < 1.29 is 9.90 Å². The van der Waals surface area contributed by atoms with Crippen LogP contribution in [-0.4, -0.2) is 29.9 Å². The van der Waals surface area contributed by atoms with Crippen molar-refractivity contribution in [3.05, 3.63) is 0 Å². The van der Waals surface area contributed by atoms with E-state index in [1.165, 1.54) is 6.42 Å². The van der Waals surface area contributed by atoms with E-state index in [-0.39, 0.29) is 17.9 Å². The number of aliphatic hydroxyl groups is 1. The Morgan fingerprint density at radius 1 is 1.35 bits per heavy atom. The quantitative estimate of drug-likeness (QED) is 0.633. The number of nitrogens with one attached hydrogen (secondary N) is 1. The number of amides is 1. The highest BCUT2D eigenvalue weighted by molar-refractivity contribution is 7.80. The van der Waals surface area contributed by atoms with Crippen LogP contribution < -0.4 is 5.32 Å². The van der Waals surface area contributed by atoms with Gasteiger partial charge in [0, 0.05) is 19.6 Å². The van der Waals surface area contributed by atoms with Crippen molar-refractivity contribution in [3.8, 4) is 0 Å². The van der Waals surface area contributed by atoms with Crippen LogP contribution in [0.25, 0.3) is 0 Å². The second-order valence-corrected chi connectivity index (χ2v) is 6.09. The molecule has 2 fully saturated rings. The Labute approximate surface area is 109 Å². The molecule has 1 amide bonds. The van der Waals surface area contributed by atoms with E-state index in [1.54, 1.807) is 0 Å². The molecule has 0 spiro atoms. The summed E-state index contributed by atoms with van der Waals surface area (Å²) in [6, 6.07) is 0. The molecule has 98 valence electrons. The van der Waals surface area contributed by atoms with Crippen LogP contribution in [0.2, 0.25) is 0 Å². The van der Waals surface area contributed by atoms with Gasteiger partial charge < -0.3 is 10.4 Å². The zero-order valence-corrected chi connectivity index (χ0v) is 11.2. The molecule has 2 unspecified atom stereocenters. The number of carbonyl (C=O) groups is 1. The van der Waals surface area contributed by atoms with Gasteiger partial charge in [0.15, 0.2) is 0 Å². The summed E-state index contributed by atoms with van der Waals surface area (Å²) in [7, 11) is 0. The number of thiol groups is 1. The van der Waals surface area contributed by atoms with Crippen LogP contribution in [0.4, 0.5) is 0 Å². The number of hydrogen-bond donors (Lipinski definition) is 3. The standard InChI is InChI=1S/C13H23NO2S/c15-8-11-3-1-2-10(11)7-14-12(16)6-13(9-17)4-5-13/h10-11,15,17H,1-9H2,(H,14,16). The van der Waals surface area contributed by atoms with Gasteiger partial charge in [0.1, 0.15) is 0 Å². The van der Waals surface area contributed by atoms with E-state index in [9.17, 15) is 9.90 Å². The molecule has 3 nitrogen and oxygen atoms in total. The third-order valence-electron chi connectivity index (χ3n) is 4.44. The first-order chi connectivity index (χ1) is 8.19. The fourth-order valence-electron chi connectivity index (χ4n) is 2.84. The highest BCUT2D eigenvalue weighted by Gasteiger charge is 2.42. The lowest BCUT2D eigenvalue weighted by atomic mass is 9.96. The molecule has 0 aromatic carbocycles. The summed E-state index contributed by atoms with van der Waals surface area (Å²) in [6.45, 7) is 1.01. The van der Waals surface area contributed by atoms with Crippen molar-refractivity contribution in [1.29, 1.82) is 0 Å². The molecule has 0 aromatic rings. The van der Waals surface area contributed by atoms with Gasteiger partial charge in [0.05, 0.1) is 0 Å². The summed E-state index contributed by atoms with van der Waals surface area (Å²) in [5.74, 6) is 1.87. The molecule has 0 heterocycles. The van der Waals surface area contributed by atoms with Gasteiger partial charge in [0.25, 0.3) is 0 Å². The summed E-state index contributed by atoms with van der Waals surface area (Å²) in [5, 5.41) is 12.2. The molecule has 0 saturated heterocycles. The summed E-state index contributed by atoms with van der Waals surface area (Å²) in [4.78, 5) is 11.8. The normalized spacial score (nSPS) is 30.2. The van der Waals surface area contributed by atoms with Crippen LogP contribution in [-0.2, 0) is 4.79 Å². The Bertz CT molecular complexity index is 279. The monoisotopic (exact) mass is 257 g/mol. The van der Waals surface area contributed by atoms with E-state index in [1.807, 2.05) is 0 Å². The molecule has 2 N–H and O–H groups in total. The molecular formula is C13H23NO2S. The molecule has 0 aliphatic heterocycles. The fraction of sp³-hybridized carbons (Fsp3) is 0.923. The summed E-state index contributed by atoms with van der Waals surface area (Å²) in [5.41, 5.74) is 0.208. The number of aliphatic hydroxyl groups excluding tert-OH is 1.